The quantitative estimate of drug-likeness (QED) is 0.900. The number of aliphatic hydroxyl groups is 1. The zero-order chi connectivity index (χ0) is 16.6. The standard InChI is InChI=1S/C15H25N7O/c1-15(2,3)22-14(17-18-19-22)12-6-5-11(10-23)21(12)9-13-16-7-8-20(13)4/h7-8,11-12,23H,5-6,9-10H2,1-4H3/t11-,12-/m0/s1. The third kappa shape index (κ3) is 3.00. The molecule has 0 saturated carbocycles. The average molecular weight is 319 g/mol. The van der Waals surface area contributed by atoms with Crippen LogP contribution >= 0.6 is 0 Å². The molecule has 0 amide bonds. The third-order valence-electron chi connectivity index (χ3n) is 4.53. The third-order valence-corrected chi connectivity index (χ3v) is 4.53. The van der Waals surface area contributed by atoms with Crippen molar-refractivity contribution in [2.75, 3.05) is 6.61 Å². The normalized spacial score (nSPS) is 22.8. The van der Waals surface area contributed by atoms with Crippen LogP contribution in [0.5, 0.6) is 0 Å². The molecule has 1 saturated heterocycles. The zero-order valence-corrected chi connectivity index (χ0v) is 14.2. The van der Waals surface area contributed by atoms with Crippen LogP contribution in [0.25, 0.3) is 0 Å². The lowest BCUT2D eigenvalue weighted by molar-refractivity contribution is 0.111. The van der Waals surface area contributed by atoms with Crippen LogP contribution in [-0.2, 0) is 19.1 Å². The Morgan fingerprint density at radius 1 is 1.30 bits per heavy atom. The summed E-state index contributed by atoms with van der Waals surface area (Å²) in [5.41, 5.74) is -0.176. The molecule has 2 atom stereocenters. The SMILES string of the molecule is Cn1ccnc1CN1[C@H](CO)CC[C@H]1c1nnnn1C(C)(C)C. The van der Waals surface area contributed by atoms with Crippen molar-refractivity contribution < 1.29 is 5.11 Å². The summed E-state index contributed by atoms with van der Waals surface area (Å²) in [6, 6.07) is 0.208. The number of rotatable bonds is 4. The molecule has 126 valence electrons. The Bertz CT molecular complexity index is 657. The number of aromatic nitrogens is 6. The van der Waals surface area contributed by atoms with Crippen LogP contribution in [0.15, 0.2) is 12.4 Å². The van der Waals surface area contributed by atoms with E-state index in [2.05, 4.69) is 46.2 Å². The molecule has 1 aliphatic rings. The summed E-state index contributed by atoms with van der Waals surface area (Å²) in [5, 5.41) is 22.1. The highest BCUT2D eigenvalue weighted by Gasteiger charge is 2.39. The van der Waals surface area contributed by atoms with Gasteiger partial charge in [-0.2, -0.15) is 0 Å². The van der Waals surface area contributed by atoms with Gasteiger partial charge in [-0.05, 0) is 44.0 Å². The number of imidazole rings is 1. The number of hydrogen-bond acceptors (Lipinski definition) is 6. The van der Waals surface area contributed by atoms with E-state index in [0.717, 1.165) is 24.5 Å². The Kier molecular flexibility index (Phi) is 4.20. The second-order valence-electron chi connectivity index (χ2n) is 7.18. The van der Waals surface area contributed by atoms with Crippen LogP contribution in [0.3, 0.4) is 0 Å². The van der Waals surface area contributed by atoms with Gasteiger partial charge in [0.15, 0.2) is 5.82 Å². The van der Waals surface area contributed by atoms with Gasteiger partial charge in [0, 0.05) is 25.5 Å². The van der Waals surface area contributed by atoms with Gasteiger partial charge in [0.1, 0.15) is 5.82 Å². The molecule has 0 spiro atoms. The predicted molar refractivity (Wildman–Crippen MR) is 84.4 cm³/mol. The van der Waals surface area contributed by atoms with Gasteiger partial charge in [0.05, 0.1) is 24.7 Å². The van der Waals surface area contributed by atoms with E-state index in [0.29, 0.717) is 6.54 Å². The van der Waals surface area contributed by atoms with Gasteiger partial charge in [-0.1, -0.05) is 0 Å². The summed E-state index contributed by atoms with van der Waals surface area (Å²) in [6.45, 7) is 7.09. The van der Waals surface area contributed by atoms with Crippen molar-refractivity contribution in [2.24, 2.45) is 7.05 Å². The molecule has 8 nitrogen and oxygen atoms in total. The van der Waals surface area contributed by atoms with Gasteiger partial charge in [0.25, 0.3) is 0 Å². The first-order chi connectivity index (χ1) is 10.9. The molecular formula is C15H25N7O. The van der Waals surface area contributed by atoms with Crippen molar-refractivity contribution in [1.29, 1.82) is 0 Å². The van der Waals surface area contributed by atoms with E-state index in [4.69, 9.17) is 0 Å². The lowest BCUT2D eigenvalue weighted by atomic mass is 10.1. The highest BCUT2D eigenvalue weighted by Crippen LogP contribution is 2.37. The van der Waals surface area contributed by atoms with E-state index >= 15 is 0 Å². The van der Waals surface area contributed by atoms with Crippen molar-refractivity contribution in [3.05, 3.63) is 24.0 Å². The van der Waals surface area contributed by atoms with E-state index in [1.54, 1.807) is 6.20 Å². The number of likely N-dealkylation sites (tertiary alicyclic amines) is 1. The first-order valence-corrected chi connectivity index (χ1v) is 8.03. The maximum absolute atomic E-state index is 9.75. The lowest BCUT2D eigenvalue weighted by Crippen LogP contribution is -2.37. The topological polar surface area (TPSA) is 84.9 Å². The molecule has 3 heterocycles. The molecule has 1 N–H and O–H groups in total. The number of aliphatic hydroxyl groups excluding tert-OH is 1. The molecule has 2 aromatic rings. The van der Waals surface area contributed by atoms with Gasteiger partial charge in [0.2, 0.25) is 0 Å². The number of nitrogens with zero attached hydrogens (tertiary/aromatic N) is 7. The Morgan fingerprint density at radius 2 is 2.09 bits per heavy atom. The van der Waals surface area contributed by atoms with Gasteiger partial charge in [-0.25, -0.2) is 9.67 Å². The van der Waals surface area contributed by atoms with Crippen LogP contribution in [0.2, 0.25) is 0 Å². The van der Waals surface area contributed by atoms with Gasteiger partial charge in [-0.3, -0.25) is 4.90 Å². The molecule has 1 fully saturated rings. The van der Waals surface area contributed by atoms with Crippen LogP contribution < -0.4 is 0 Å². The molecule has 2 aromatic heterocycles. The molecule has 0 aromatic carbocycles. The van der Waals surface area contributed by atoms with Crippen molar-refractivity contribution in [3.63, 3.8) is 0 Å². The smallest absolute Gasteiger partial charge is 0.168 e. The maximum Gasteiger partial charge on any atom is 0.168 e. The van der Waals surface area contributed by atoms with Crippen LogP contribution in [0, 0.1) is 0 Å². The van der Waals surface area contributed by atoms with Crippen molar-refractivity contribution >= 4 is 0 Å². The molecule has 0 aliphatic carbocycles. The molecule has 23 heavy (non-hydrogen) atoms. The number of aryl methyl sites for hydroxylation is 1. The lowest BCUT2D eigenvalue weighted by Gasteiger charge is -2.30. The monoisotopic (exact) mass is 319 g/mol. The van der Waals surface area contributed by atoms with Crippen molar-refractivity contribution in [1.82, 2.24) is 34.7 Å². The Labute approximate surface area is 136 Å². The van der Waals surface area contributed by atoms with Gasteiger partial charge < -0.3 is 9.67 Å². The second kappa shape index (κ2) is 6.01. The molecule has 1 aliphatic heterocycles. The van der Waals surface area contributed by atoms with E-state index < -0.39 is 0 Å². The minimum absolute atomic E-state index is 0.0954. The zero-order valence-electron chi connectivity index (χ0n) is 14.2. The van der Waals surface area contributed by atoms with E-state index in [-0.39, 0.29) is 24.2 Å². The highest BCUT2D eigenvalue weighted by atomic mass is 16.3. The first-order valence-electron chi connectivity index (χ1n) is 8.03. The highest BCUT2D eigenvalue weighted by molar-refractivity contribution is 5.04. The predicted octanol–water partition coefficient (Wildman–Crippen LogP) is 0.860. The maximum atomic E-state index is 9.75. The van der Waals surface area contributed by atoms with E-state index in [9.17, 15) is 5.11 Å². The number of hydrogen-bond donors (Lipinski definition) is 1. The molecule has 0 unspecified atom stereocenters. The summed E-state index contributed by atoms with van der Waals surface area (Å²) in [4.78, 5) is 6.69. The molecule has 0 bridgehead atoms. The largest absolute Gasteiger partial charge is 0.395 e. The number of tetrazole rings is 1. The van der Waals surface area contributed by atoms with E-state index in [1.165, 1.54) is 0 Å². The Balaban J connectivity index is 1.92. The van der Waals surface area contributed by atoms with Crippen LogP contribution in [0.1, 0.15) is 51.3 Å². The van der Waals surface area contributed by atoms with Crippen molar-refractivity contribution in [3.8, 4) is 0 Å². The Hall–Kier alpha value is -1.80. The summed E-state index contributed by atoms with van der Waals surface area (Å²) >= 11 is 0. The molecular weight excluding hydrogens is 294 g/mol. The second-order valence-corrected chi connectivity index (χ2v) is 7.18. The fraction of sp³-hybridized carbons (Fsp3) is 0.733. The molecule has 8 heteroatoms. The summed E-state index contributed by atoms with van der Waals surface area (Å²) in [5.74, 6) is 1.84. The van der Waals surface area contributed by atoms with E-state index in [1.807, 2.05) is 22.5 Å². The summed E-state index contributed by atoms with van der Waals surface area (Å²) < 4.78 is 3.90. The average Bonchev–Trinajstić information content (AvgIpc) is 3.18. The minimum Gasteiger partial charge on any atom is -0.395 e. The van der Waals surface area contributed by atoms with Crippen LogP contribution in [0.4, 0.5) is 0 Å². The first kappa shape index (κ1) is 16.1. The molecule has 3 rings (SSSR count). The summed E-state index contributed by atoms with van der Waals surface area (Å²) in [6.07, 6.45) is 5.61. The molecule has 0 radical (unpaired) electrons. The minimum atomic E-state index is -0.176. The fourth-order valence-electron chi connectivity index (χ4n) is 3.24. The fourth-order valence-corrected chi connectivity index (χ4v) is 3.24. The van der Waals surface area contributed by atoms with Crippen LogP contribution in [-0.4, -0.2) is 52.4 Å². The van der Waals surface area contributed by atoms with Gasteiger partial charge in [-0.15, -0.1) is 5.10 Å². The summed E-state index contributed by atoms with van der Waals surface area (Å²) in [7, 11) is 1.99. The van der Waals surface area contributed by atoms with Gasteiger partial charge >= 0.3 is 0 Å². The van der Waals surface area contributed by atoms with Crippen molar-refractivity contribution in [2.45, 2.75) is 57.8 Å². The Morgan fingerprint density at radius 3 is 2.70 bits per heavy atom.